The first kappa shape index (κ1) is 15.3. The molecule has 0 bridgehead atoms. The maximum atomic E-state index is 13.8. The highest BCUT2D eigenvalue weighted by atomic mass is 19.1. The third kappa shape index (κ3) is 3.59. The molecule has 1 aliphatic rings. The third-order valence-corrected chi connectivity index (χ3v) is 3.89. The number of benzene rings is 1. The molecule has 0 atom stereocenters. The summed E-state index contributed by atoms with van der Waals surface area (Å²) in [7, 11) is 0. The number of nitrogens with zero attached hydrogens (tertiary/aromatic N) is 3. The summed E-state index contributed by atoms with van der Waals surface area (Å²) in [5.41, 5.74) is 1.67. The van der Waals surface area contributed by atoms with Gasteiger partial charge in [0.05, 0.1) is 17.6 Å². The van der Waals surface area contributed by atoms with Gasteiger partial charge in [0, 0.05) is 33.1 Å². The molecule has 0 aliphatic carbocycles. The zero-order chi connectivity index (χ0) is 16.2. The van der Waals surface area contributed by atoms with Crippen LogP contribution in [0.25, 0.3) is 0 Å². The number of hydrogen-bond acceptors (Lipinski definition) is 4. The minimum absolute atomic E-state index is 0.135. The van der Waals surface area contributed by atoms with Gasteiger partial charge in [-0.1, -0.05) is 12.1 Å². The van der Waals surface area contributed by atoms with Gasteiger partial charge in [-0.15, -0.1) is 0 Å². The summed E-state index contributed by atoms with van der Waals surface area (Å²) in [4.78, 5) is 19.5. The number of hydrogen-bond donors (Lipinski definition) is 1. The monoisotopic (exact) mass is 314 g/mol. The lowest BCUT2D eigenvalue weighted by atomic mass is 10.2. The largest absolute Gasteiger partial charge is 0.367 e. The van der Waals surface area contributed by atoms with Crippen molar-refractivity contribution in [2.75, 3.05) is 41.3 Å². The smallest absolute Gasteiger partial charge is 0.222 e. The van der Waals surface area contributed by atoms with E-state index in [0.717, 1.165) is 31.9 Å². The van der Waals surface area contributed by atoms with E-state index in [1.807, 2.05) is 18.2 Å². The normalized spacial score (nSPS) is 14.7. The zero-order valence-corrected chi connectivity index (χ0v) is 13.0. The van der Waals surface area contributed by atoms with Crippen LogP contribution in [0, 0.1) is 5.82 Å². The summed E-state index contributed by atoms with van der Waals surface area (Å²) in [6.45, 7) is 4.57. The van der Waals surface area contributed by atoms with E-state index in [2.05, 4.69) is 20.1 Å². The maximum Gasteiger partial charge on any atom is 0.222 e. The van der Waals surface area contributed by atoms with Crippen LogP contribution in [0.4, 0.5) is 21.6 Å². The molecule has 2 heterocycles. The van der Waals surface area contributed by atoms with E-state index in [-0.39, 0.29) is 11.7 Å². The Kier molecular flexibility index (Phi) is 4.41. The van der Waals surface area contributed by atoms with Crippen molar-refractivity contribution < 1.29 is 9.18 Å². The van der Waals surface area contributed by atoms with E-state index in [9.17, 15) is 9.18 Å². The van der Waals surface area contributed by atoms with E-state index < -0.39 is 0 Å². The lowest BCUT2D eigenvalue weighted by molar-refractivity contribution is -0.114. The number of nitrogens with one attached hydrogen (secondary N) is 1. The van der Waals surface area contributed by atoms with Crippen molar-refractivity contribution in [1.29, 1.82) is 0 Å². The fraction of sp³-hybridized carbons (Fsp3) is 0.294. The summed E-state index contributed by atoms with van der Waals surface area (Å²) in [6, 6.07) is 10.6. The molecule has 1 aliphatic heterocycles. The van der Waals surface area contributed by atoms with Gasteiger partial charge < -0.3 is 15.1 Å². The predicted molar refractivity (Wildman–Crippen MR) is 89.4 cm³/mol. The van der Waals surface area contributed by atoms with Gasteiger partial charge in [0.2, 0.25) is 5.91 Å². The predicted octanol–water partition coefficient (Wildman–Crippen LogP) is 2.51. The van der Waals surface area contributed by atoms with Gasteiger partial charge >= 0.3 is 0 Å². The number of anilines is 3. The lowest BCUT2D eigenvalue weighted by Gasteiger charge is -2.37. The van der Waals surface area contributed by atoms with Crippen LogP contribution in [0.2, 0.25) is 0 Å². The average molecular weight is 314 g/mol. The van der Waals surface area contributed by atoms with Gasteiger partial charge in [0.25, 0.3) is 0 Å². The molecular weight excluding hydrogens is 295 g/mol. The van der Waals surface area contributed by atoms with Crippen LogP contribution in [-0.4, -0.2) is 37.1 Å². The van der Waals surface area contributed by atoms with Crippen LogP contribution < -0.4 is 15.1 Å². The molecule has 0 unspecified atom stereocenters. The topological polar surface area (TPSA) is 48.5 Å². The molecule has 1 aromatic heterocycles. The number of pyridine rings is 1. The summed E-state index contributed by atoms with van der Waals surface area (Å²) in [5, 5.41) is 2.65. The van der Waals surface area contributed by atoms with Crippen molar-refractivity contribution >= 4 is 23.1 Å². The second-order valence-corrected chi connectivity index (χ2v) is 5.51. The summed E-state index contributed by atoms with van der Waals surface area (Å²) < 4.78 is 13.8. The second-order valence-electron chi connectivity index (χ2n) is 5.51. The van der Waals surface area contributed by atoms with Crippen LogP contribution in [0.15, 0.2) is 42.6 Å². The molecule has 0 radical (unpaired) electrons. The molecule has 120 valence electrons. The molecule has 1 amide bonds. The Bertz CT molecular complexity index is 681. The van der Waals surface area contributed by atoms with E-state index >= 15 is 0 Å². The number of aromatic nitrogens is 1. The summed E-state index contributed by atoms with van der Waals surface area (Å²) >= 11 is 0. The average Bonchev–Trinajstić information content (AvgIpc) is 2.56. The van der Waals surface area contributed by atoms with Crippen LogP contribution in [0.3, 0.4) is 0 Å². The molecule has 6 heteroatoms. The first-order valence-corrected chi connectivity index (χ1v) is 7.61. The molecule has 1 aromatic carbocycles. The number of para-hydroxylation sites is 1. The number of amides is 1. The molecule has 1 saturated heterocycles. The summed E-state index contributed by atoms with van der Waals surface area (Å²) in [5.74, 6) is 0.234. The van der Waals surface area contributed by atoms with Crippen LogP contribution in [-0.2, 0) is 4.79 Å². The number of carbonyl (C=O) groups is 1. The van der Waals surface area contributed by atoms with Gasteiger partial charge in [-0.3, -0.25) is 4.79 Å². The molecule has 2 aromatic rings. The number of carbonyl (C=O) groups excluding carboxylic acids is 1. The van der Waals surface area contributed by atoms with E-state index in [1.165, 1.54) is 13.0 Å². The van der Waals surface area contributed by atoms with Gasteiger partial charge in [-0.25, -0.2) is 9.37 Å². The fourth-order valence-corrected chi connectivity index (χ4v) is 2.74. The number of piperazine rings is 1. The Morgan fingerprint density at radius 2 is 1.78 bits per heavy atom. The highest BCUT2D eigenvalue weighted by Crippen LogP contribution is 2.22. The van der Waals surface area contributed by atoms with Crippen molar-refractivity contribution in [2.24, 2.45) is 0 Å². The molecule has 5 nitrogen and oxygen atoms in total. The Morgan fingerprint density at radius 3 is 2.39 bits per heavy atom. The lowest BCUT2D eigenvalue weighted by Crippen LogP contribution is -2.46. The molecule has 23 heavy (non-hydrogen) atoms. The molecule has 3 rings (SSSR count). The number of rotatable bonds is 3. The first-order chi connectivity index (χ1) is 11.1. The molecule has 1 fully saturated rings. The maximum absolute atomic E-state index is 13.8. The first-order valence-electron chi connectivity index (χ1n) is 7.61. The van der Waals surface area contributed by atoms with Crippen molar-refractivity contribution in [3.8, 4) is 0 Å². The van der Waals surface area contributed by atoms with Crippen molar-refractivity contribution in [2.45, 2.75) is 6.92 Å². The quantitative estimate of drug-likeness (QED) is 0.946. The Morgan fingerprint density at radius 1 is 1.09 bits per heavy atom. The third-order valence-electron chi connectivity index (χ3n) is 3.89. The Balaban J connectivity index is 1.62. The van der Waals surface area contributed by atoms with Crippen molar-refractivity contribution in [3.63, 3.8) is 0 Å². The Labute approximate surface area is 134 Å². The van der Waals surface area contributed by atoms with Crippen LogP contribution in [0.1, 0.15) is 6.92 Å². The van der Waals surface area contributed by atoms with Crippen molar-refractivity contribution in [1.82, 2.24) is 4.98 Å². The minimum atomic E-state index is -0.178. The highest BCUT2D eigenvalue weighted by Gasteiger charge is 2.19. The SMILES string of the molecule is CC(=O)Nc1ccc(N2CCN(c3ccccc3F)CC2)cn1. The molecule has 0 spiro atoms. The van der Waals surface area contributed by atoms with E-state index in [0.29, 0.717) is 11.5 Å². The van der Waals surface area contributed by atoms with Gasteiger partial charge in [0.1, 0.15) is 11.6 Å². The molecular formula is C17H19FN4O. The molecule has 0 saturated carbocycles. The minimum Gasteiger partial charge on any atom is -0.367 e. The molecule has 1 N–H and O–H groups in total. The zero-order valence-electron chi connectivity index (χ0n) is 13.0. The van der Waals surface area contributed by atoms with Crippen molar-refractivity contribution in [3.05, 3.63) is 48.4 Å². The van der Waals surface area contributed by atoms with Crippen LogP contribution in [0.5, 0.6) is 0 Å². The van der Waals surface area contributed by atoms with Gasteiger partial charge in [0.15, 0.2) is 0 Å². The second kappa shape index (κ2) is 6.64. The standard InChI is InChI=1S/C17H19FN4O/c1-13(23)20-17-7-6-14(12-19-17)21-8-10-22(11-9-21)16-5-3-2-4-15(16)18/h2-7,12H,8-11H2,1H3,(H,19,20,23). The fourth-order valence-electron chi connectivity index (χ4n) is 2.74. The van der Waals surface area contributed by atoms with Crippen LogP contribution >= 0.6 is 0 Å². The Hall–Kier alpha value is -2.63. The highest BCUT2D eigenvalue weighted by molar-refractivity contribution is 5.87. The van der Waals surface area contributed by atoms with E-state index in [4.69, 9.17) is 0 Å². The van der Waals surface area contributed by atoms with E-state index in [1.54, 1.807) is 18.3 Å². The van der Waals surface area contributed by atoms with Gasteiger partial charge in [-0.05, 0) is 24.3 Å². The summed E-state index contributed by atoms with van der Waals surface area (Å²) in [6.07, 6.45) is 1.75. The van der Waals surface area contributed by atoms with Gasteiger partial charge in [-0.2, -0.15) is 0 Å². The number of halogens is 1.